The van der Waals surface area contributed by atoms with E-state index < -0.39 is 29.1 Å². The van der Waals surface area contributed by atoms with Crippen LogP contribution >= 0.6 is 0 Å². The second kappa shape index (κ2) is 6.51. The molecule has 0 radical (unpaired) electrons. The van der Waals surface area contributed by atoms with Crippen LogP contribution in [0.4, 0.5) is 10.1 Å². The maximum Gasteiger partial charge on any atom is 0.278 e. The van der Waals surface area contributed by atoms with Crippen LogP contribution < -0.4 is 10.5 Å². The van der Waals surface area contributed by atoms with Crippen molar-refractivity contribution in [2.45, 2.75) is 19.3 Å². The van der Waals surface area contributed by atoms with Crippen molar-refractivity contribution in [3.8, 4) is 5.95 Å². The Hall–Kier alpha value is -4.01. The Bertz CT molecular complexity index is 1350. The van der Waals surface area contributed by atoms with Gasteiger partial charge in [0.15, 0.2) is 0 Å². The fourth-order valence-electron chi connectivity index (χ4n) is 3.91. The summed E-state index contributed by atoms with van der Waals surface area (Å²) in [6, 6.07) is 12.6. The fraction of sp³-hybridized carbons (Fsp3) is 0.143. The molecule has 0 unspecified atom stereocenters. The highest BCUT2D eigenvalue weighted by atomic mass is 19.1. The van der Waals surface area contributed by atoms with E-state index in [4.69, 9.17) is 0 Å². The van der Waals surface area contributed by atoms with Gasteiger partial charge in [-0.3, -0.25) is 19.5 Å². The zero-order chi connectivity index (χ0) is 21.0. The molecule has 1 aliphatic heterocycles. The van der Waals surface area contributed by atoms with Crippen LogP contribution in [0, 0.1) is 12.7 Å². The van der Waals surface area contributed by atoms with E-state index in [2.05, 4.69) is 15.1 Å². The van der Waals surface area contributed by atoms with Gasteiger partial charge in [-0.25, -0.2) is 14.3 Å². The molecule has 0 spiro atoms. The number of benzene rings is 2. The van der Waals surface area contributed by atoms with Gasteiger partial charge in [-0.2, -0.15) is 4.68 Å². The molecule has 1 fully saturated rings. The number of halogens is 1. The van der Waals surface area contributed by atoms with E-state index in [0.29, 0.717) is 11.2 Å². The van der Waals surface area contributed by atoms with Gasteiger partial charge in [-0.1, -0.05) is 18.2 Å². The first-order chi connectivity index (χ1) is 14.4. The summed E-state index contributed by atoms with van der Waals surface area (Å²) in [5.41, 5.74) is 1.81. The summed E-state index contributed by atoms with van der Waals surface area (Å²) in [7, 11) is 0. The molecule has 1 aliphatic rings. The topological polar surface area (TPSA) is 104 Å². The highest BCUT2D eigenvalue weighted by molar-refractivity contribution is 6.22. The molecule has 1 saturated heterocycles. The van der Waals surface area contributed by atoms with E-state index in [9.17, 15) is 18.8 Å². The summed E-state index contributed by atoms with van der Waals surface area (Å²) < 4.78 is 14.8. The first kappa shape index (κ1) is 18.0. The second-order valence-corrected chi connectivity index (χ2v) is 7.17. The number of hydrogen-bond acceptors (Lipinski definition) is 4. The van der Waals surface area contributed by atoms with Gasteiger partial charge in [0, 0.05) is 12.1 Å². The SMILES string of the molecule is Cc1[nH]n(-c2nc3ccccc3[nH]2)c(=O)c1[C@@H]1CC(=O)N(c2cccc(F)c2)C1=O. The molecule has 1 atom stereocenters. The number of imide groups is 1. The minimum atomic E-state index is -0.949. The van der Waals surface area contributed by atoms with Gasteiger partial charge >= 0.3 is 0 Å². The Morgan fingerprint density at radius 3 is 2.67 bits per heavy atom. The molecule has 4 aromatic rings. The lowest BCUT2D eigenvalue weighted by atomic mass is 9.98. The molecule has 2 amide bonds. The molecule has 0 bridgehead atoms. The van der Waals surface area contributed by atoms with Crippen molar-refractivity contribution in [1.29, 1.82) is 0 Å². The third-order valence-electron chi connectivity index (χ3n) is 5.27. The summed E-state index contributed by atoms with van der Waals surface area (Å²) in [5, 5.41) is 2.93. The van der Waals surface area contributed by atoms with E-state index in [1.54, 1.807) is 6.92 Å². The lowest BCUT2D eigenvalue weighted by Crippen LogP contribution is -2.31. The van der Waals surface area contributed by atoms with Crippen molar-refractivity contribution in [3.63, 3.8) is 0 Å². The number of aryl methyl sites for hydroxylation is 1. The van der Waals surface area contributed by atoms with Crippen LogP contribution in [0.25, 0.3) is 17.0 Å². The van der Waals surface area contributed by atoms with Gasteiger partial charge in [0.1, 0.15) is 5.82 Å². The Morgan fingerprint density at radius 1 is 1.10 bits per heavy atom. The number of fused-ring (bicyclic) bond motifs is 1. The Balaban J connectivity index is 1.56. The van der Waals surface area contributed by atoms with E-state index in [1.165, 1.54) is 22.9 Å². The van der Waals surface area contributed by atoms with Crippen LogP contribution in [0.1, 0.15) is 23.6 Å². The molecule has 2 aromatic heterocycles. The van der Waals surface area contributed by atoms with Crippen LogP contribution in [0.2, 0.25) is 0 Å². The van der Waals surface area contributed by atoms with Crippen LogP contribution in [0.3, 0.4) is 0 Å². The quantitative estimate of drug-likeness (QED) is 0.511. The number of amides is 2. The highest BCUT2D eigenvalue weighted by Gasteiger charge is 2.43. The maximum absolute atomic E-state index is 13.6. The number of nitrogens with zero attached hydrogens (tertiary/aromatic N) is 3. The molecule has 150 valence electrons. The molecule has 5 rings (SSSR count). The molecular formula is C21H16FN5O3. The standard InChI is InChI=1S/C21H16FN5O3/c1-11-18(14-10-17(28)26(19(14)29)13-6-4-5-12(22)9-13)20(30)27(25-11)21-23-15-7-2-3-8-16(15)24-21/h2-9,14,25H,10H2,1H3,(H,23,24)/t14-/m0/s1. The molecule has 0 aliphatic carbocycles. The monoisotopic (exact) mass is 405 g/mol. The summed E-state index contributed by atoms with van der Waals surface area (Å²) in [6.45, 7) is 1.67. The minimum absolute atomic E-state index is 0.151. The van der Waals surface area contributed by atoms with Gasteiger partial charge in [0.2, 0.25) is 17.8 Å². The molecule has 0 saturated carbocycles. The number of imidazole rings is 1. The van der Waals surface area contributed by atoms with Crippen molar-refractivity contribution in [1.82, 2.24) is 19.7 Å². The number of anilines is 1. The molecule has 30 heavy (non-hydrogen) atoms. The zero-order valence-electron chi connectivity index (χ0n) is 15.8. The number of carbonyl (C=O) groups is 2. The van der Waals surface area contributed by atoms with Gasteiger partial charge in [-0.05, 0) is 37.3 Å². The van der Waals surface area contributed by atoms with Crippen LogP contribution in [0.15, 0.2) is 53.3 Å². The fourth-order valence-corrected chi connectivity index (χ4v) is 3.91. The smallest absolute Gasteiger partial charge is 0.278 e. The third kappa shape index (κ3) is 2.66. The summed E-state index contributed by atoms with van der Waals surface area (Å²) in [4.78, 5) is 47.1. The number of H-pyrrole nitrogens is 2. The number of nitrogens with one attached hydrogen (secondary N) is 2. The first-order valence-electron chi connectivity index (χ1n) is 9.33. The van der Waals surface area contributed by atoms with Crippen molar-refractivity contribution >= 4 is 28.5 Å². The van der Waals surface area contributed by atoms with Gasteiger partial charge < -0.3 is 4.98 Å². The van der Waals surface area contributed by atoms with Crippen molar-refractivity contribution in [3.05, 3.63) is 76.0 Å². The average Bonchev–Trinajstić information content (AvgIpc) is 3.35. The maximum atomic E-state index is 13.6. The summed E-state index contributed by atoms with van der Waals surface area (Å²) in [5.74, 6) is -2.25. The summed E-state index contributed by atoms with van der Waals surface area (Å²) >= 11 is 0. The number of aromatic nitrogens is 4. The molecule has 3 heterocycles. The normalized spacial score (nSPS) is 16.7. The zero-order valence-corrected chi connectivity index (χ0v) is 15.8. The average molecular weight is 405 g/mol. The van der Waals surface area contributed by atoms with Crippen LogP contribution in [-0.2, 0) is 9.59 Å². The van der Waals surface area contributed by atoms with E-state index in [0.717, 1.165) is 16.5 Å². The van der Waals surface area contributed by atoms with Crippen molar-refractivity contribution < 1.29 is 14.0 Å². The number of hydrogen-bond donors (Lipinski definition) is 2. The van der Waals surface area contributed by atoms with Gasteiger partial charge in [0.05, 0.1) is 28.2 Å². The van der Waals surface area contributed by atoms with Gasteiger partial charge in [0.25, 0.3) is 5.56 Å². The predicted molar refractivity (Wildman–Crippen MR) is 107 cm³/mol. The largest absolute Gasteiger partial charge is 0.322 e. The lowest BCUT2D eigenvalue weighted by molar-refractivity contribution is -0.121. The predicted octanol–water partition coefficient (Wildman–Crippen LogP) is 2.54. The molecule has 9 heteroatoms. The summed E-state index contributed by atoms with van der Waals surface area (Å²) in [6.07, 6.45) is -0.163. The van der Waals surface area contributed by atoms with E-state index in [-0.39, 0.29) is 23.6 Å². The second-order valence-electron chi connectivity index (χ2n) is 7.17. The van der Waals surface area contributed by atoms with E-state index in [1.807, 2.05) is 24.3 Å². The third-order valence-corrected chi connectivity index (χ3v) is 5.27. The highest BCUT2D eigenvalue weighted by Crippen LogP contribution is 2.33. The lowest BCUT2D eigenvalue weighted by Gasteiger charge is -2.14. The van der Waals surface area contributed by atoms with Crippen molar-refractivity contribution in [2.75, 3.05) is 4.90 Å². The molecule has 2 N–H and O–H groups in total. The Labute approximate surface area is 168 Å². The van der Waals surface area contributed by atoms with Crippen molar-refractivity contribution in [2.24, 2.45) is 0 Å². The molecule has 8 nitrogen and oxygen atoms in total. The van der Waals surface area contributed by atoms with Gasteiger partial charge in [-0.15, -0.1) is 0 Å². The molecular weight excluding hydrogens is 389 g/mol. The number of para-hydroxylation sites is 2. The Kier molecular flexibility index (Phi) is 3.92. The number of aromatic amines is 2. The van der Waals surface area contributed by atoms with Crippen LogP contribution in [-0.4, -0.2) is 31.6 Å². The Morgan fingerprint density at radius 2 is 1.90 bits per heavy atom. The number of rotatable bonds is 3. The number of carbonyl (C=O) groups excluding carboxylic acids is 2. The minimum Gasteiger partial charge on any atom is -0.322 e. The molecule has 2 aromatic carbocycles. The van der Waals surface area contributed by atoms with Crippen LogP contribution in [0.5, 0.6) is 0 Å². The van der Waals surface area contributed by atoms with E-state index >= 15 is 0 Å². The first-order valence-corrected chi connectivity index (χ1v) is 9.33.